The minimum atomic E-state index is -0.424. The lowest BCUT2D eigenvalue weighted by atomic mass is 10.1. The molecule has 0 aromatic heterocycles. The van der Waals surface area contributed by atoms with Gasteiger partial charge in [0.05, 0.1) is 18.9 Å². The van der Waals surface area contributed by atoms with Crippen LogP contribution in [0.2, 0.25) is 0 Å². The van der Waals surface area contributed by atoms with Gasteiger partial charge in [-0.1, -0.05) is 6.07 Å². The Bertz CT molecular complexity index is 393. The van der Waals surface area contributed by atoms with Crippen LogP contribution in [0.4, 0.5) is 5.69 Å². The van der Waals surface area contributed by atoms with Crippen molar-refractivity contribution in [3.8, 4) is 5.75 Å². The van der Waals surface area contributed by atoms with Crippen LogP contribution in [-0.2, 0) is 9.47 Å². The standard InChI is InChI=1S/C13H19NO4/c1-3-17-13(15)10-6-4-7-11(14)12(10)18-9-5-8-16-2/h4,6-7H,3,5,8-9,14H2,1-2H3. The smallest absolute Gasteiger partial charge is 0.341 e. The first kappa shape index (κ1) is 14.3. The number of carbonyl (C=O) groups excluding carboxylic acids is 1. The molecule has 1 rings (SSSR count). The number of carbonyl (C=O) groups is 1. The number of esters is 1. The topological polar surface area (TPSA) is 70.8 Å². The Balaban J connectivity index is 2.77. The van der Waals surface area contributed by atoms with Crippen LogP contribution >= 0.6 is 0 Å². The highest BCUT2D eigenvalue weighted by Gasteiger charge is 2.15. The number of para-hydroxylation sites is 1. The van der Waals surface area contributed by atoms with Gasteiger partial charge in [0.15, 0.2) is 5.75 Å². The quantitative estimate of drug-likeness (QED) is 0.456. The highest BCUT2D eigenvalue weighted by molar-refractivity contribution is 5.94. The van der Waals surface area contributed by atoms with Gasteiger partial charge in [-0.3, -0.25) is 0 Å². The van der Waals surface area contributed by atoms with Crippen LogP contribution in [0.25, 0.3) is 0 Å². The molecule has 1 aromatic carbocycles. The van der Waals surface area contributed by atoms with Gasteiger partial charge in [0.1, 0.15) is 5.56 Å². The van der Waals surface area contributed by atoms with Crippen molar-refractivity contribution in [1.29, 1.82) is 0 Å². The predicted octanol–water partition coefficient (Wildman–Crippen LogP) is 1.86. The number of benzene rings is 1. The van der Waals surface area contributed by atoms with E-state index in [-0.39, 0.29) is 0 Å². The van der Waals surface area contributed by atoms with Gasteiger partial charge < -0.3 is 19.9 Å². The van der Waals surface area contributed by atoms with E-state index in [9.17, 15) is 4.79 Å². The van der Waals surface area contributed by atoms with Crippen molar-refractivity contribution in [3.63, 3.8) is 0 Å². The lowest BCUT2D eigenvalue weighted by Crippen LogP contribution is -2.11. The van der Waals surface area contributed by atoms with Crippen molar-refractivity contribution >= 4 is 11.7 Å². The van der Waals surface area contributed by atoms with Crippen LogP contribution in [0.15, 0.2) is 18.2 Å². The summed E-state index contributed by atoms with van der Waals surface area (Å²) in [5, 5.41) is 0. The fourth-order valence-electron chi connectivity index (χ4n) is 1.46. The van der Waals surface area contributed by atoms with Crippen molar-refractivity contribution in [3.05, 3.63) is 23.8 Å². The molecule has 0 heterocycles. The summed E-state index contributed by atoms with van der Waals surface area (Å²) in [5.41, 5.74) is 6.59. The summed E-state index contributed by atoms with van der Waals surface area (Å²) < 4.78 is 15.4. The molecule has 0 bridgehead atoms. The number of nitrogens with two attached hydrogens (primary N) is 1. The average molecular weight is 253 g/mol. The molecule has 18 heavy (non-hydrogen) atoms. The summed E-state index contributed by atoms with van der Waals surface area (Å²) in [4.78, 5) is 11.7. The second-order valence-corrected chi connectivity index (χ2v) is 3.64. The average Bonchev–Trinajstić information content (AvgIpc) is 2.36. The van der Waals surface area contributed by atoms with E-state index in [0.717, 1.165) is 6.42 Å². The predicted molar refractivity (Wildman–Crippen MR) is 68.8 cm³/mol. The molecular formula is C13H19NO4. The third-order valence-electron chi connectivity index (χ3n) is 2.28. The monoisotopic (exact) mass is 253 g/mol. The third kappa shape index (κ3) is 3.92. The summed E-state index contributed by atoms with van der Waals surface area (Å²) in [6.07, 6.45) is 0.729. The molecule has 5 heteroatoms. The highest BCUT2D eigenvalue weighted by atomic mass is 16.5. The van der Waals surface area contributed by atoms with E-state index in [2.05, 4.69) is 0 Å². The molecule has 0 unspecified atom stereocenters. The van der Waals surface area contributed by atoms with Crippen molar-refractivity contribution in [2.75, 3.05) is 32.7 Å². The van der Waals surface area contributed by atoms with Crippen molar-refractivity contribution in [2.45, 2.75) is 13.3 Å². The molecule has 1 aromatic rings. The molecule has 0 aliphatic rings. The SMILES string of the molecule is CCOC(=O)c1cccc(N)c1OCCCOC. The maximum Gasteiger partial charge on any atom is 0.341 e. The van der Waals surface area contributed by atoms with Crippen LogP contribution < -0.4 is 10.5 Å². The zero-order chi connectivity index (χ0) is 13.4. The van der Waals surface area contributed by atoms with Crippen molar-refractivity contribution in [2.24, 2.45) is 0 Å². The maximum absolute atomic E-state index is 11.7. The molecule has 0 saturated heterocycles. The van der Waals surface area contributed by atoms with E-state index in [0.29, 0.717) is 36.8 Å². The van der Waals surface area contributed by atoms with E-state index in [1.54, 1.807) is 32.2 Å². The van der Waals surface area contributed by atoms with Gasteiger partial charge in [0.25, 0.3) is 0 Å². The normalized spacial score (nSPS) is 10.1. The second kappa shape index (κ2) is 7.55. The number of methoxy groups -OCH3 is 1. The largest absolute Gasteiger partial charge is 0.490 e. The Kier molecular flexibility index (Phi) is 6.00. The van der Waals surface area contributed by atoms with Gasteiger partial charge >= 0.3 is 5.97 Å². The molecular weight excluding hydrogens is 234 g/mol. The van der Waals surface area contributed by atoms with E-state index >= 15 is 0 Å². The number of rotatable bonds is 7. The van der Waals surface area contributed by atoms with E-state index in [1.807, 2.05) is 0 Å². The van der Waals surface area contributed by atoms with Gasteiger partial charge in [0.2, 0.25) is 0 Å². The summed E-state index contributed by atoms with van der Waals surface area (Å²) >= 11 is 0. The van der Waals surface area contributed by atoms with Crippen LogP contribution in [0.5, 0.6) is 5.75 Å². The molecule has 2 N–H and O–H groups in total. The lowest BCUT2D eigenvalue weighted by molar-refractivity contribution is 0.0521. The zero-order valence-electron chi connectivity index (χ0n) is 10.8. The van der Waals surface area contributed by atoms with Gasteiger partial charge in [-0.25, -0.2) is 4.79 Å². The first-order valence-electron chi connectivity index (χ1n) is 5.88. The number of hydrogen-bond donors (Lipinski definition) is 1. The van der Waals surface area contributed by atoms with Crippen LogP contribution in [-0.4, -0.2) is 32.9 Å². The fraction of sp³-hybridized carbons (Fsp3) is 0.462. The molecule has 0 aliphatic heterocycles. The number of anilines is 1. The number of nitrogen functional groups attached to an aromatic ring is 1. The Hall–Kier alpha value is -1.75. The van der Waals surface area contributed by atoms with Gasteiger partial charge in [-0.15, -0.1) is 0 Å². The van der Waals surface area contributed by atoms with Crippen molar-refractivity contribution < 1.29 is 19.0 Å². The molecule has 0 atom stereocenters. The zero-order valence-corrected chi connectivity index (χ0v) is 10.8. The van der Waals surface area contributed by atoms with Gasteiger partial charge in [-0.05, 0) is 19.1 Å². The lowest BCUT2D eigenvalue weighted by Gasteiger charge is -2.12. The number of hydrogen-bond acceptors (Lipinski definition) is 5. The molecule has 0 spiro atoms. The van der Waals surface area contributed by atoms with E-state index in [1.165, 1.54) is 0 Å². The van der Waals surface area contributed by atoms with Crippen LogP contribution in [0, 0.1) is 0 Å². The Morgan fingerprint density at radius 1 is 1.33 bits per heavy atom. The fourth-order valence-corrected chi connectivity index (χ4v) is 1.46. The molecule has 0 fully saturated rings. The minimum Gasteiger partial charge on any atom is -0.490 e. The summed E-state index contributed by atoms with van der Waals surface area (Å²) in [6, 6.07) is 5.03. The highest BCUT2D eigenvalue weighted by Crippen LogP contribution is 2.27. The second-order valence-electron chi connectivity index (χ2n) is 3.64. The molecule has 0 saturated carbocycles. The van der Waals surface area contributed by atoms with E-state index < -0.39 is 5.97 Å². The Morgan fingerprint density at radius 2 is 2.11 bits per heavy atom. The van der Waals surface area contributed by atoms with Crippen molar-refractivity contribution in [1.82, 2.24) is 0 Å². The molecule has 5 nitrogen and oxygen atoms in total. The van der Waals surface area contributed by atoms with Crippen LogP contribution in [0.3, 0.4) is 0 Å². The summed E-state index contributed by atoms with van der Waals surface area (Å²) in [5.74, 6) is -0.0430. The Labute approximate surface area is 107 Å². The summed E-state index contributed by atoms with van der Waals surface area (Å²) in [6.45, 7) is 3.11. The molecule has 0 aliphatic carbocycles. The van der Waals surface area contributed by atoms with Gasteiger partial charge in [-0.2, -0.15) is 0 Å². The minimum absolute atomic E-state index is 0.316. The van der Waals surface area contributed by atoms with Gasteiger partial charge in [0, 0.05) is 20.1 Å². The molecule has 0 amide bonds. The third-order valence-corrected chi connectivity index (χ3v) is 2.28. The summed E-state index contributed by atoms with van der Waals surface area (Å²) in [7, 11) is 1.63. The Morgan fingerprint density at radius 3 is 2.78 bits per heavy atom. The number of ether oxygens (including phenoxy) is 3. The van der Waals surface area contributed by atoms with Crippen LogP contribution in [0.1, 0.15) is 23.7 Å². The van der Waals surface area contributed by atoms with E-state index in [4.69, 9.17) is 19.9 Å². The first-order valence-corrected chi connectivity index (χ1v) is 5.88. The first-order chi connectivity index (χ1) is 8.70. The molecule has 0 radical (unpaired) electrons. The molecule has 100 valence electrons. The maximum atomic E-state index is 11.7.